The Morgan fingerprint density at radius 2 is 1.45 bits per heavy atom. The predicted molar refractivity (Wildman–Crippen MR) is 92.6 cm³/mol. The van der Waals surface area contributed by atoms with Crippen molar-refractivity contribution in [3.05, 3.63) is 35.9 Å². The lowest BCUT2D eigenvalue weighted by Gasteiger charge is -2.38. The van der Waals surface area contributed by atoms with Crippen LogP contribution in [-0.4, -0.2) is 19.1 Å². The molecule has 0 spiro atoms. The fourth-order valence-electron chi connectivity index (χ4n) is 2.04. The van der Waals surface area contributed by atoms with Crippen LogP contribution in [0.3, 0.4) is 0 Å². The molecule has 3 heteroatoms. The number of fused-ring (bicyclic) bond motifs is 1. The van der Waals surface area contributed by atoms with Crippen molar-refractivity contribution < 1.29 is 9.47 Å². The van der Waals surface area contributed by atoms with Gasteiger partial charge in [-0.1, -0.05) is 59.7 Å². The predicted octanol–water partition coefficient (Wildman–Crippen LogP) is 4.90. The molecule has 1 N–H and O–H groups in total. The SMILES string of the molecule is CC(C)(C)COC1(OCC(C)(C)C)C=Cc2ccccc2N1. The number of rotatable bonds is 4. The number of anilines is 1. The summed E-state index contributed by atoms with van der Waals surface area (Å²) in [7, 11) is 0. The Kier molecular flexibility index (Phi) is 4.69. The van der Waals surface area contributed by atoms with Gasteiger partial charge in [-0.05, 0) is 34.6 Å². The van der Waals surface area contributed by atoms with Crippen LogP contribution in [-0.2, 0) is 9.47 Å². The van der Waals surface area contributed by atoms with E-state index in [0.717, 1.165) is 11.3 Å². The zero-order valence-electron chi connectivity index (χ0n) is 14.7. The van der Waals surface area contributed by atoms with Crippen LogP contribution in [0.2, 0.25) is 0 Å². The second-order valence-corrected chi connectivity index (χ2v) is 8.41. The maximum absolute atomic E-state index is 6.17. The number of hydrogen-bond donors (Lipinski definition) is 1. The van der Waals surface area contributed by atoms with Crippen LogP contribution in [0.25, 0.3) is 6.08 Å². The highest BCUT2D eigenvalue weighted by Gasteiger charge is 2.35. The monoisotopic (exact) mass is 303 g/mol. The van der Waals surface area contributed by atoms with Crippen LogP contribution in [0.15, 0.2) is 30.3 Å². The normalized spacial score (nSPS) is 17.0. The Morgan fingerprint density at radius 1 is 0.909 bits per heavy atom. The third kappa shape index (κ3) is 4.85. The van der Waals surface area contributed by atoms with E-state index in [2.05, 4.69) is 65.1 Å². The topological polar surface area (TPSA) is 30.5 Å². The first-order valence-electron chi connectivity index (χ1n) is 7.93. The molecule has 0 aliphatic carbocycles. The molecular weight excluding hydrogens is 274 g/mol. The van der Waals surface area contributed by atoms with E-state index in [1.54, 1.807) is 0 Å². The molecule has 0 radical (unpaired) electrons. The Labute approximate surface area is 134 Å². The smallest absolute Gasteiger partial charge is 0.270 e. The molecule has 0 saturated carbocycles. The average molecular weight is 303 g/mol. The van der Waals surface area contributed by atoms with Crippen molar-refractivity contribution in [1.29, 1.82) is 0 Å². The summed E-state index contributed by atoms with van der Waals surface area (Å²) >= 11 is 0. The average Bonchev–Trinajstić information content (AvgIpc) is 2.42. The number of nitrogens with one attached hydrogen (secondary N) is 1. The molecular formula is C19H29NO2. The highest BCUT2D eigenvalue weighted by Crippen LogP contribution is 2.32. The van der Waals surface area contributed by atoms with Gasteiger partial charge in [-0.3, -0.25) is 0 Å². The minimum Gasteiger partial charge on any atom is -0.330 e. The van der Waals surface area contributed by atoms with Gasteiger partial charge < -0.3 is 14.8 Å². The quantitative estimate of drug-likeness (QED) is 0.802. The fourth-order valence-corrected chi connectivity index (χ4v) is 2.04. The maximum Gasteiger partial charge on any atom is 0.270 e. The maximum atomic E-state index is 6.17. The summed E-state index contributed by atoms with van der Waals surface area (Å²) in [5, 5.41) is 3.42. The molecule has 3 nitrogen and oxygen atoms in total. The van der Waals surface area contributed by atoms with Gasteiger partial charge in [0.1, 0.15) is 0 Å². The van der Waals surface area contributed by atoms with E-state index in [-0.39, 0.29) is 10.8 Å². The summed E-state index contributed by atoms with van der Waals surface area (Å²) < 4.78 is 12.3. The zero-order valence-corrected chi connectivity index (χ0v) is 14.7. The summed E-state index contributed by atoms with van der Waals surface area (Å²) in [5.74, 6) is -0.894. The van der Waals surface area contributed by atoms with Gasteiger partial charge in [0.05, 0.1) is 13.2 Å². The second kappa shape index (κ2) is 6.05. The van der Waals surface area contributed by atoms with Crippen molar-refractivity contribution in [2.75, 3.05) is 18.5 Å². The van der Waals surface area contributed by atoms with Gasteiger partial charge in [-0.2, -0.15) is 0 Å². The summed E-state index contributed by atoms with van der Waals surface area (Å²) in [4.78, 5) is 0. The largest absolute Gasteiger partial charge is 0.330 e. The molecule has 0 fully saturated rings. The van der Waals surface area contributed by atoms with Crippen LogP contribution < -0.4 is 5.32 Å². The standard InChI is InChI=1S/C19H29NO2/c1-17(2,3)13-21-19(22-14-18(4,5)6)12-11-15-9-7-8-10-16(15)20-19/h7-12,20H,13-14H2,1-6H3. The van der Waals surface area contributed by atoms with E-state index in [9.17, 15) is 0 Å². The zero-order chi connectivity index (χ0) is 16.4. The van der Waals surface area contributed by atoms with Gasteiger partial charge >= 0.3 is 0 Å². The van der Waals surface area contributed by atoms with E-state index in [0.29, 0.717) is 13.2 Å². The van der Waals surface area contributed by atoms with E-state index in [4.69, 9.17) is 9.47 Å². The second-order valence-electron chi connectivity index (χ2n) is 8.41. The lowest BCUT2D eigenvalue weighted by Crippen LogP contribution is -2.46. The molecule has 1 heterocycles. The molecule has 1 aromatic carbocycles. The summed E-state index contributed by atoms with van der Waals surface area (Å²) in [6.07, 6.45) is 4.05. The van der Waals surface area contributed by atoms with Crippen LogP contribution in [0.4, 0.5) is 5.69 Å². The molecule has 0 aromatic heterocycles. The molecule has 0 unspecified atom stereocenters. The first-order chi connectivity index (χ1) is 10.1. The lowest BCUT2D eigenvalue weighted by atomic mass is 9.98. The van der Waals surface area contributed by atoms with Gasteiger partial charge in [-0.15, -0.1) is 0 Å². The minimum absolute atomic E-state index is 0.0740. The van der Waals surface area contributed by atoms with Crippen LogP contribution in [0.5, 0.6) is 0 Å². The lowest BCUT2D eigenvalue weighted by molar-refractivity contribution is -0.208. The highest BCUT2D eigenvalue weighted by molar-refractivity contribution is 5.71. The summed E-state index contributed by atoms with van der Waals surface area (Å²) in [6.45, 7) is 14.2. The number of hydrogen-bond acceptors (Lipinski definition) is 3. The van der Waals surface area contributed by atoms with Crippen molar-refractivity contribution in [3.63, 3.8) is 0 Å². The number of ether oxygens (including phenoxy) is 2. The third-order valence-electron chi connectivity index (χ3n) is 3.19. The van der Waals surface area contributed by atoms with Gasteiger partial charge in [0.15, 0.2) is 0 Å². The molecule has 22 heavy (non-hydrogen) atoms. The van der Waals surface area contributed by atoms with Gasteiger partial charge in [-0.25, -0.2) is 0 Å². The Balaban J connectivity index is 2.20. The molecule has 1 aromatic rings. The molecule has 0 saturated heterocycles. The molecule has 0 atom stereocenters. The van der Waals surface area contributed by atoms with Crippen molar-refractivity contribution in [2.24, 2.45) is 10.8 Å². The van der Waals surface area contributed by atoms with E-state index < -0.39 is 5.91 Å². The Morgan fingerprint density at radius 3 is 2.00 bits per heavy atom. The fraction of sp³-hybridized carbons (Fsp3) is 0.579. The Hall–Kier alpha value is -1.32. The van der Waals surface area contributed by atoms with Crippen molar-refractivity contribution in [3.8, 4) is 0 Å². The van der Waals surface area contributed by atoms with Gasteiger partial charge in [0.25, 0.3) is 5.91 Å². The molecule has 122 valence electrons. The molecule has 2 rings (SSSR count). The molecule has 1 aliphatic rings. The molecule has 1 aliphatic heterocycles. The minimum atomic E-state index is -0.894. The van der Waals surface area contributed by atoms with Crippen LogP contribution in [0.1, 0.15) is 47.1 Å². The molecule has 0 bridgehead atoms. The van der Waals surface area contributed by atoms with Crippen LogP contribution >= 0.6 is 0 Å². The van der Waals surface area contributed by atoms with E-state index >= 15 is 0 Å². The highest BCUT2D eigenvalue weighted by atomic mass is 16.7. The first kappa shape index (κ1) is 17.0. The van der Waals surface area contributed by atoms with E-state index in [1.165, 1.54) is 0 Å². The number of benzene rings is 1. The van der Waals surface area contributed by atoms with Crippen molar-refractivity contribution >= 4 is 11.8 Å². The number of para-hydroxylation sites is 1. The van der Waals surface area contributed by atoms with Gasteiger partial charge in [0.2, 0.25) is 0 Å². The van der Waals surface area contributed by atoms with E-state index in [1.807, 2.05) is 18.2 Å². The summed E-state index contributed by atoms with van der Waals surface area (Å²) in [5.41, 5.74) is 2.33. The van der Waals surface area contributed by atoms with Crippen molar-refractivity contribution in [2.45, 2.75) is 47.5 Å². The summed E-state index contributed by atoms with van der Waals surface area (Å²) in [6, 6.07) is 8.18. The Bertz CT molecular complexity index is 517. The van der Waals surface area contributed by atoms with Gasteiger partial charge in [0, 0.05) is 5.69 Å². The third-order valence-corrected chi connectivity index (χ3v) is 3.19. The van der Waals surface area contributed by atoms with Crippen molar-refractivity contribution in [1.82, 2.24) is 0 Å². The molecule has 0 amide bonds. The first-order valence-corrected chi connectivity index (χ1v) is 7.93. The van der Waals surface area contributed by atoms with Crippen LogP contribution in [0, 0.1) is 10.8 Å².